The lowest BCUT2D eigenvalue weighted by Gasteiger charge is -2.32. The van der Waals surface area contributed by atoms with Crippen LogP contribution >= 0.6 is 0 Å². The molecule has 1 aliphatic rings. The summed E-state index contributed by atoms with van der Waals surface area (Å²) in [5, 5.41) is 11.3. The van der Waals surface area contributed by atoms with Gasteiger partial charge in [0.2, 0.25) is 0 Å². The Balaban J connectivity index is 1.94. The first-order chi connectivity index (χ1) is 8.36. The minimum Gasteiger partial charge on any atom is -0.355 e. The zero-order chi connectivity index (χ0) is 11.7. The monoisotopic (exact) mass is 232 g/mol. The summed E-state index contributed by atoms with van der Waals surface area (Å²) in [5.74, 6) is 0.956. The van der Waals surface area contributed by atoms with Gasteiger partial charge in [0, 0.05) is 19.6 Å². The second-order valence-corrected chi connectivity index (χ2v) is 4.44. The first-order valence-corrected chi connectivity index (χ1v) is 5.94. The number of H-pyrrole nitrogens is 1. The van der Waals surface area contributed by atoms with Crippen LogP contribution in [0.2, 0.25) is 0 Å². The zero-order valence-electron chi connectivity index (χ0n) is 9.85. The summed E-state index contributed by atoms with van der Waals surface area (Å²) in [4.78, 5) is 10.8. The van der Waals surface area contributed by atoms with Gasteiger partial charge in [-0.1, -0.05) is 0 Å². The molecule has 17 heavy (non-hydrogen) atoms. The number of aromatic amines is 1. The van der Waals surface area contributed by atoms with E-state index in [1.165, 1.54) is 12.8 Å². The average molecular weight is 232 g/mol. The molecule has 3 heterocycles. The Morgan fingerprint density at radius 2 is 2.35 bits per heavy atom. The molecule has 0 amide bonds. The van der Waals surface area contributed by atoms with Gasteiger partial charge in [-0.3, -0.25) is 5.10 Å². The van der Waals surface area contributed by atoms with E-state index in [0.29, 0.717) is 6.04 Å². The maximum absolute atomic E-state index is 4.38. The molecule has 6 nitrogen and oxygen atoms in total. The van der Waals surface area contributed by atoms with E-state index in [2.05, 4.69) is 37.4 Å². The number of hydrogen-bond acceptors (Lipinski definition) is 5. The lowest BCUT2D eigenvalue weighted by molar-refractivity contribution is 0.444. The highest BCUT2D eigenvalue weighted by molar-refractivity contribution is 5.86. The second kappa shape index (κ2) is 4.29. The average Bonchev–Trinajstić information content (AvgIpc) is 2.87. The molecule has 1 fully saturated rings. The van der Waals surface area contributed by atoms with E-state index in [1.807, 2.05) is 0 Å². The van der Waals surface area contributed by atoms with Crippen molar-refractivity contribution >= 4 is 16.9 Å². The van der Waals surface area contributed by atoms with Crippen LogP contribution < -0.4 is 10.2 Å². The van der Waals surface area contributed by atoms with Gasteiger partial charge >= 0.3 is 0 Å². The van der Waals surface area contributed by atoms with Gasteiger partial charge in [-0.2, -0.15) is 5.10 Å². The molecule has 0 saturated carbocycles. The minimum atomic E-state index is 0.497. The van der Waals surface area contributed by atoms with Crippen LogP contribution in [0.5, 0.6) is 0 Å². The van der Waals surface area contributed by atoms with Crippen LogP contribution in [0.15, 0.2) is 12.5 Å². The molecule has 90 valence electrons. The number of fused-ring (bicyclic) bond motifs is 1. The molecule has 1 aliphatic heterocycles. The fourth-order valence-corrected chi connectivity index (χ4v) is 2.37. The Bertz CT molecular complexity index is 501. The van der Waals surface area contributed by atoms with Crippen LogP contribution in [-0.2, 0) is 0 Å². The maximum Gasteiger partial charge on any atom is 0.160 e. The molecular formula is C11H16N6. The molecule has 2 N–H and O–H groups in total. The highest BCUT2D eigenvalue weighted by Gasteiger charge is 2.20. The maximum atomic E-state index is 4.38. The number of anilines is 1. The molecule has 1 unspecified atom stereocenters. The third-order valence-electron chi connectivity index (χ3n) is 3.38. The lowest BCUT2D eigenvalue weighted by Crippen LogP contribution is -2.44. The first-order valence-electron chi connectivity index (χ1n) is 5.94. The third kappa shape index (κ3) is 1.84. The number of nitrogens with one attached hydrogen (secondary N) is 2. The van der Waals surface area contributed by atoms with Gasteiger partial charge in [0.05, 0.1) is 11.6 Å². The Morgan fingerprint density at radius 3 is 3.18 bits per heavy atom. The molecule has 0 bridgehead atoms. The topological polar surface area (TPSA) is 69.7 Å². The second-order valence-electron chi connectivity index (χ2n) is 4.44. The van der Waals surface area contributed by atoms with E-state index in [4.69, 9.17) is 0 Å². The van der Waals surface area contributed by atoms with E-state index in [-0.39, 0.29) is 0 Å². The Labute approximate surface area is 99.4 Å². The smallest absolute Gasteiger partial charge is 0.160 e. The Hall–Kier alpha value is -1.69. The van der Waals surface area contributed by atoms with Crippen LogP contribution in [0.3, 0.4) is 0 Å². The van der Waals surface area contributed by atoms with Crippen molar-refractivity contribution in [3.63, 3.8) is 0 Å². The molecule has 0 aliphatic carbocycles. The van der Waals surface area contributed by atoms with Crippen LogP contribution in [0.1, 0.15) is 12.8 Å². The van der Waals surface area contributed by atoms with Crippen molar-refractivity contribution in [2.24, 2.45) is 0 Å². The summed E-state index contributed by atoms with van der Waals surface area (Å²) in [6.07, 6.45) is 5.79. The summed E-state index contributed by atoms with van der Waals surface area (Å²) in [5.41, 5.74) is 0.797. The van der Waals surface area contributed by atoms with Crippen molar-refractivity contribution in [2.45, 2.75) is 18.9 Å². The molecule has 6 heteroatoms. The highest BCUT2D eigenvalue weighted by Crippen LogP contribution is 2.23. The number of piperidine rings is 1. The lowest BCUT2D eigenvalue weighted by atomic mass is 10.1. The molecule has 0 spiro atoms. The standard InChI is InChI=1S/C11H16N6/c1-17(8-3-2-4-12-5-8)11-9-6-15-16-10(9)13-7-14-11/h6-8,12H,2-5H2,1H3,(H,13,14,15,16). The summed E-state index contributed by atoms with van der Waals surface area (Å²) < 4.78 is 0. The quantitative estimate of drug-likeness (QED) is 0.791. The molecule has 0 aromatic carbocycles. The van der Waals surface area contributed by atoms with Crippen molar-refractivity contribution in [3.8, 4) is 0 Å². The molecule has 1 atom stereocenters. The van der Waals surface area contributed by atoms with E-state index >= 15 is 0 Å². The predicted octanol–water partition coefficient (Wildman–Crippen LogP) is 0.541. The van der Waals surface area contributed by atoms with E-state index < -0.39 is 0 Å². The number of likely N-dealkylation sites (N-methyl/N-ethyl adjacent to an activating group) is 1. The van der Waals surface area contributed by atoms with Crippen molar-refractivity contribution in [2.75, 3.05) is 25.0 Å². The molecule has 2 aromatic heterocycles. The Morgan fingerprint density at radius 1 is 1.41 bits per heavy atom. The van der Waals surface area contributed by atoms with Crippen molar-refractivity contribution in [3.05, 3.63) is 12.5 Å². The largest absolute Gasteiger partial charge is 0.355 e. The van der Waals surface area contributed by atoms with Gasteiger partial charge in [-0.25, -0.2) is 9.97 Å². The van der Waals surface area contributed by atoms with Crippen LogP contribution in [0.4, 0.5) is 5.82 Å². The fraction of sp³-hybridized carbons (Fsp3) is 0.545. The SMILES string of the molecule is CN(c1ncnc2[nH]ncc12)C1CCCNC1. The number of aromatic nitrogens is 4. The number of nitrogens with zero attached hydrogens (tertiary/aromatic N) is 4. The first kappa shape index (κ1) is 10.5. The van der Waals surface area contributed by atoms with Crippen LogP contribution in [0.25, 0.3) is 11.0 Å². The van der Waals surface area contributed by atoms with Crippen molar-refractivity contribution in [1.82, 2.24) is 25.5 Å². The molecule has 2 aromatic rings. The van der Waals surface area contributed by atoms with E-state index in [0.717, 1.165) is 29.9 Å². The third-order valence-corrected chi connectivity index (χ3v) is 3.38. The van der Waals surface area contributed by atoms with Gasteiger partial charge in [0.25, 0.3) is 0 Å². The summed E-state index contributed by atoms with van der Waals surface area (Å²) in [7, 11) is 2.09. The molecular weight excluding hydrogens is 216 g/mol. The van der Waals surface area contributed by atoms with E-state index in [9.17, 15) is 0 Å². The van der Waals surface area contributed by atoms with Crippen molar-refractivity contribution < 1.29 is 0 Å². The Kier molecular flexibility index (Phi) is 2.64. The van der Waals surface area contributed by atoms with Gasteiger partial charge in [-0.05, 0) is 19.4 Å². The summed E-state index contributed by atoms with van der Waals surface area (Å²) >= 11 is 0. The van der Waals surface area contributed by atoms with Gasteiger partial charge in [-0.15, -0.1) is 0 Å². The highest BCUT2D eigenvalue weighted by atomic mass is 15.2. The van der Waals surface area contributed by atoms with Crippen LogP contribution in [-0.4, -0.2) is 46.3 Å². The number of rotatable bonds is 2. The van der Waals surface area contributed by atoms with Gasteiger partial charge in [0.15, 0.2) is 5.65 Å². The predicted molar refractivity (Wildman–Crippen MR) is 66.0 cm³/mol. The molecule has 1 saturated heterocycles. The van der Waals surface area contributed by atoms with Gasteiger partial charge < -0.3 is 10.2 Å². The van der Waals surface area contributed by atoms with Gasteiger partial charge in [0.1, 0.15) is 12.1 Å². The minimum absolute atomic E-state index is 0.497. The molecule has 0 radical (unpaired) electrons. The van der Waals surface area contributed by atoms with E-state index in [1.54, 1.807) is 12.5 Å². The molecule has 3 rings (SSSR count). The van der Waals surface area contributed by atoms with Crippen LogP contribution in [0, 0.1) is 0 Å². The summed E-state index contributed by atoms with van der Waals surface area (Å²) in [6.45, 7) is 2.13. The van der Waals surface area contributed by atoms with Crippen molar-refractivity contribution in [1.29, 1.82) is 0 Å². The fourth-order valence-electron chi connectivity index (χ4n) is 2.37. The zero-order valence-corrected chi connectivity index (χ0v) is 9.85. The normalized spacial score (nSPS) is 20.6. The number of hydrogen-bond donors (Lipinski definition) is 2. The summed E-state index contributed by atoms with van der Waals surface area (Å²) in [6, 6.07) is 0.497.